The molecular formula is C13H14N2O. The third-order valence-corrected chi connectivity index (χ3v) is 2.28. The molecule has 0 heterocycles. The summed E-state index contributed by atoms with van der Waals surface area (Å²) in [5.41, 5.74) is 13.6. The maximum Gasteiger partial charge on any atom is 0.129 e. The summed E-state index contributed by atoms with van der Waals surface area (Å²) in [6.45, 7) is 2.02. The van der Waals surface area contributed by atoms with Crippen LogP contribution in [-0.4, -0.2) is 0 Å². The Labute approximate surface area is 94.6 Å². The second kappa shape index (κ2) is 4.14. The number of hydrogen-bond donors (Lipinski definition) is 2. The van der Waals surface area contributed by atoms with Crippen molar-refractivity contribution in [2.75, 3.05) is 11.5 Å². The summed E-state index contributed by atoms with van der Waals surface area (Å²) in [4.78, 5) is 0. The molecule has 0 spiro atoms. The maximum absolute atomic E-state index is 5.70. The first-order valence-corrected chi connectivity index (χ1v) is 5.04. The molecule has 0 radical (unpaired) electrons. The second-order valence-corrected chi connectivity index (χ2v) is 3.71. The molecule has 0 unspecified atom stereocenters. The molecule has 0 aliphatic carbocycles. The number of hydrogen-bond acceptors (Lipinski definition) is 3. The Morgan fingerprint density at radius 2 is 1.62 bits per heavy atom. The first-order valence-electron chi connectivity index (χ1n) is 5.04. The van der Waals surface area contributed by atoms with Crippen LogP contribution < -0.4 is 16.2 Å². The molecule has 82 valence electrons. The molecule has 0 atom stereocenters. The standard InChI is InChI=1S/C13H14N2O/c1-9-3-2-4-10(7-9)16-11-5-6-12(14)13(15)8-11/h2-8H,14-15H2,1H3. The van der Waals surface area contributed by atoms with Gasteiger partial charge in [0.1, 0.15) is 11.5 Å². The molecule has 0 bridgehead atoms. The molecule has 2 aromatic carbocycles. The summed E-state index contributed by atoms with van der Waals surface area (Å²) in [6.07, 6.45) is 0. The number of ether oxygens (including phenoxy) is 1. The Morgan fingerprint density at radius 1 is 0.875 bits per heavy atom. The lowest BCUT2D eigenvalue weighted by Crippen LogP contribution is -1.94. The first-order chi connectivity index (χ1) is 7.65. The summed E-state index contributed by atoms with van der Waals surface area (Å²) in [5.74, 6) is 1.49. The van der Waals surface area contributed by atoms with E-state index >= 15 is 0 Å². The van der Waals surface area contributed by atoms with Crippen molar-refractivity contribution in [3.05, 3.63) is 48.0 Å². The topological polar surface area (TPSA) is 61.3 Å². The van der Waals surface area contributed by atoms with Gasteiger partial charge in [0.25, 0.3) is 0 Å². The van der Waals surface area contributed by atoms with E-state index in [4.69, 9.17) is 16.2 Å². The fraction of sp³-hybridized carbons (Fsp3) is 0.0769. The lowest BCUT2D eigenvalue weighted by atomic mass is 10.2. The molecule has 0 amide bonds. The van der Waals surface area contributed by atoms with Gasteiger partial charge in [-0.25, -0.2) is 0 Å². The largest absolute Gasteiger partial charge is 0.457 e. The highest BCUT2D eigenvalue weighted by molar-refractivity contribution is 5.65. The highest BCUT2D eigenvalue weighted by Gasteiger charge is 2.00. The number of nitrogen functional groups attached to an aromatic ring is 2. The van der Waals surface area contributed by atoms with E-state index in [0.29, 0.717) is 17.1 Å². The molecule has 4 N–H and O–H groups in total. The van der Waals surface area contributed by atoms with Gasteiger partial charge in [0.05, 0.1) is 11.4 Å². The lowest BCUT2D eigenvalue weighted by Gasteiger charge is -2.08. The zero-order valence-corrected chi connectivity index (χ0v) is 9.10. The molecule has 2 rings (SSSR count). The molecule has 3 nitrogen and oxygen atoms in total. The summed E-state index contributed by atoms with van der Waals surface area (Å²) in [5, 5.41) is 0. The summed E-state index contributed by atoms with van der Waals surface area (Å²) >= 11 is 0. The number of nitrogens with two attached hydrogens (primary N) is 2. The monoisotopic (exact) mass is 214 g/mol. The second-order valence-electron chi connectivity index (χ2n) is 3.71. The van der Waals surface area contributed by atoms with Gasteiger partial charge in [-0.15, -0.1) is 0 Å². The summed E-state index contributed by atoms with van der Waals surface area (Å²) in [7, 11) is 0. The average Bonchev–Trinajstić information content (AvgIpc) is 2.24. The molecule has 0 saturated carbocycles. The van der Waals surface area contributed by atoms with Gasteiger partial charge in [0, 0.05) is 6.07 Å². The predicted molar refractivity (Wildman–Crippen MR) is 66.5 cm³/mol. The van der Waals surface area contributed by atoms with Gasteiger partial charge >= 0.3 is 0 Å². The fourth-order valence-electron chi connectivity index (χ4n) is 1.43. The Hall–Kier alpha value is -2.16. The van der Waals surface area contributed by atoms with Gasteiger partial charge in [0.15, 0.2) is 0 Å². The van der Waals surface area contributed by atoms with Crippen molar-refractivity contribution in [2.24, 2.45) is 0 Å². The minimum Gasteiger partial charge on any atom is -0.457 e. The van der Waals surface area contributed by atoms with Crippen LogP contribution in [0.25, 0.3) is 0 Å². The Kier molecular flexibility index (Phi) is 2.68. The van der Waals surface area contributed by atoms with Gasteiger partial charge in [0.2, 0.25) is 0 Å². The van der Waals surface area contributed by atoms with Crippen LogP contribution in [0.1, 0.15) is 5.56 Å². The zero-order valence-electron chi connectivity index (χ0n) is 9.10. The average molecular weight is 214 g/mol. The van der Waals surface area contributed by atoms with Crippen molar-refractivity contribution in [3.63, 3.8) is 0 Å². The molecule has 3 heteroatoms. The number of aryl methyl sites for hydroxylation is 1. The molecule has 0 saturated heterocycles. The SMILES string of the molecule is Cc1cccc(Oc2ccc(N)c(N)c2)c1. The molecule has 0 aliphatic rings. The molecular weight excluding hydrogens is 200 g/mol. The third-order valence-electron chi connectivity index (χ3n) is 2.28. The number of rotatable bonds is 2. The third kappa shape index (κ3) is 2.25. The quantitative estimate of drug-likeness (QED) is 0.755. The minimum absolute atomic E-state index is 0.533. The summed E-state index contributed by atoms with van der Waals surface area (Å²) < 4.78 is 5.66. The van der Waals surface area contributed by atoms with Crippen molar-refractivity contribution < 1.29 is 4.74 Å². The van der Waals surface area contributed by atoms with Gasteiger partial charge < -0.3 is 16.2 Å². The first kappa shape index (κ1) is 10.4. The van der Waals surface area contributed by atoms with Crippen molar-refractivity contribution >= 4 is 11.4 Å². The fourth-order valence-corrected chi connectivity index (χ4v) is 1.43. The van der Waals surface area contributed by atoms with Crippen LogP contribution in [0.3, 0.4) is 0 Å². The summed E-state index contributed by atoms with van der Waals surface area (Å²) in [6, 6.07) is 13.1. The van der Waals surface area contributed by atoms with E-state index in [1.54, 1.807) is 18.2 Å². The Bertz CT molecular complexity index is 509. The van der Waals surface area contributed by atoms with Crippen molar-refractivity contribution in [3.8, 4) is 11.5 Å². The van der Waals surface area contributed by atoms with Gasteiger partial charge in [-0.1, -0.05) is 12.1 Å². The van der Waals surface area contributed by atoms with E-state index in [1.807, 2.05) is 31.2 Å². The number of benzene rings is 2. The highest BCUT2D eigenvalue weighted by atomic mass is 16.5. The van der Waals surface area contributed by atoms with Crippen LogP contribution in [0.5, 0.6) is 11.5 Å². The molecule has 0 aliphatic heterocycles. The van der Waals surface area contributed by atoms with E-state index in [1.165, 1.54) is 0 Å². The molecule has 2 aromatic rings. The van der Waals surface area contributed by atoms with Gasteiger partial charge in [-0.05, 0) is 36.8 Å². The van der Waals surface area contributed by atoms with E-state index in [9.17, 15) is 0 Å². The van der Waals surface area contributed by atoms with E-state index in [0.717, 1.165) is 11.3 Å². The Morgan fingerprint density at radius 3 is 2.31 bits per heavy atom. The van der Waals surface area contributed by atoms with Crippen molar-refractivity contribution in [2.45, 2.75) is 6.92 Å². The highest BCUT2D eigenvalue weighted by Crippen LogP contribution is 2.26. The van der Waals surface area contributed by atoms with Crippen molar-refractivity contribution in [1.82, 2.24) is 0 Å². The van der Waals surface area contributed by atoms with Crippen LogP contribution in [0.4, 0.5) is 11.4 Å². The molecule has 0 aromatic heterocycles. The van der Waals surface area contributed by atoms with Crippen LogP contribution >= 0.6 is 0 Å². The van der Waals surface area contributed by atoms with Gasteiger partial charge in [-0.2, -0.15) is 0 Å². The lowest BCUT2D eigenvalue weighted by molar-refractivity contribution is 0.482. The Balaban J connectivity index is 2.24. The number of anilines is 2. The molecule has 16 heavy (non-hydrogen) atoms. The normalized spacial score (nSPS) is 10.1. The van der Waals surface area contributed by atoms with Crippen LogP contribution in [0.2, 0.25) is 0 Å². The zero-order chi connectivity index (χ0) is 11.5. The minimum atomic E-state index is 0.533. The van der Waals surface area contributed by atoms with Crippen molar-refractivity contribution in [1.29, 1.82) is 0 Å². The van der Waals surface area contributed by atoms with Crippen LogP contribution in [-0.2, 0) is 0 Å². The smallest absolute Gasteiger partial charge is 0.129 e. The van der Waals surface area contributed by atoms with E-state index in [-0.39, 0.29) is 0 Å². The van der Waals surface area contributed by atoms with Crippen LogP contribution in [0.15, 0.2) is 42.5 Å². The maximum atomic E-state index is 5.70. The van der Waals surface area contributed by atoms with E-state index in [2.05, 4.69) is 0 Å². The van der Waals surface area contributed by atoms with E-state index < -0.39 is 0 Å². The predicted octanol–water partition coefficient (Wildman–Crippen LogP) is 2.95. The van der Waals surface area contributed by atoms with Crippen LogP contribution in [0, 0.1) is 6.92 Å². The van der Waals surface area contributed by atoms with Gasteiger partial charge in [-0.3, -0.25) is 0 Å². The molecule has 0 fully saturated rings.